The van der Waals surface area contributed by atoms with Crippen LogP contribution in [0.15, 0.2) is 23.1 Å². The third-order valence-electron chi connectivity index (χ3n) is 2.86. The molecule has 1 aromatic carbocycles. The molecule has 1 N–H and O–H groups in total. The molecule has 3 heteroatoms. The van der Waals surface area contributed by atoms with Crippen molar-refractivity contribution >= 4 is 23.4 Å². The minimum Gasteiger partial charge on any atom is -0.324 e. The Bertz CT molecular complexity index is 414. The van der Waals surface area contributed by atoms with E-state index in [0.717, 1.165) is 12.1 Å². The van der Waals surface area contributed by atoms with Crippen LogP contribution in [0.2, 0.25) is 0 Å². The van der Waals surface area contributed by atoms with Crippen LogP contribution in [0, 0.1) is 0 Å². The highest BCUT2D eigenvalue weighted by atomic mass is 32.2. The van der Waals surface area contributed by atoms with Gasteiger partial charge in [0.2, 0.25) is 5.91 Å². The zero-order chi connectivity index (χ0) is 11.7. The third kappa shape index (κ3) is 2.09. The first-order valence-electron chi connectivity index (χ1n) is 5.73. The lowest BCUT2D eigenvalue weighted by Crippen LogP contribution is -2.28. The van der Waals surface area contributed by atoms with E-state index >= 15 is 0 Å². The molecule has 16 heavy (non-hydrogen) atoms. The van der Waals surface area contributed by atoms with E-state index < -0.39 is 0 Å². The van der Waals surface area contributed by atoms with Crippen molar-refractivity contribution in [1.29, 1.82) is 0 Å². The van der Waals surface area contributed by atoms with Crippen LogP contribution in [0.5, 0.6) is 0 Å². The van der Waals surface area contributed by atoms with Crippen LogP contribution in [-0.2, 0) is 4.79 Å². The number of fused-ring (bicyclic) bond motifs is 1. The molecule has 1 aliphatic heterocycles. The van der Waals surface area contributed by atoms with E-state index in [4.69, 9.17) is 0 Å². The van der Waals surface area contributed by atoms with Crippen LogP contribution in [0.25, 0.3) is 0 Å². The lowest BCUT2D eigenvalue weighted by atomic mass is 10.0. The molecule has 2 rings (SSSR count). The molecule has 86 valence electrons. The molecule has 1 amide bonds. The summed E-state index contributed by atoms with van der Waals surface area (Å²) in [6.07, 6.45) is 0.877. The highest BCUT2D eigenvalue weighted by Crippen LogP contribution is 2.38. The van der Waals surface area contributed by atoms with Gasteiger partial charge in [0, 0.05) is 4.90 Å². The quantitative estimate of drug-likeness (QED) is 0.848. The smallest absolute Gasteiger partial charge is 0.237 e. The average molecular weight is 235 g/mol. The number of carbonyl (C=O) groups excluding carboxylic acids is 1. The van der Waals surface area contributed by atoms with E-state index in [9.17, 15) is 4.79 Å². The largest absolute Gasteiger partial charge is 0.324 e. The van der Waals surface area contributed by atoms with Crippen molar-refractivity contribution in [2.75, 3.05) is 5.32 Å². The summed E-state index contributed by atoms with van der Waals surface area (Å²) in [5.41, 5.74) is 2.29. The maximum atomic E-state index is 11.7. The van der Waals surface area contributed by atoms with Crippen molar-refractivity contribution in [3.05, 3.63) is 23.8 Å². The summed E-state index contributed by atoms with van der Waals surface area (Å²) in [6, 6.07) is 6.31. The summed E-state index contributed by atoms with van der Waals surface area (Å²) < 4.78 is 0. The summed E-state index contributed by atoms with van der Waals surface area (Å²) >= 11 is 1.68. The van der Waals surface area contributed by atoms with Crippen molar-refractivity contribution < 1.29 is 4.79 Å². The van der Waals surface area contributed by atoms with Crippen LogP contribution in [0.1, 0.15) is 38.7 Å². The molecular formula is C13H17NOS. The van der Waals surface area contributed by atoms with Gasteiger partial charge in [-0.1, -0.05) is 26.8 Å². The summed E-state index contributed by atoms with van der Waals surface area (Å²) in [6.45, 7) is 6.42. The highest BCUT2D eigenvalue weighted by Gasteiger charge is 2.25. The van der Waals surface area contributed by atoms with E-state index in [2.05, 4.69) is 38.2 Å². The first-order chi connectivity index (χ1) is 7.61. The SMILES string of the molecule is CCC1Sc2cc(C(C)C)ccc2NC1=O. The van der Waals surface area contributed by atoms with E-state index in [-0.39, 0.29) is 11.2 Å². The summed E-state index contributed by atoms with van der Waals surface area (Å²) in [5, 5.41) is 3.03. The van der Waals surface area contributed by atoms with Crippen LogP contribution >= 0.6 is 11.8 Å². The van der Waals surface area contributed by atoms with Gasteiger partial charge in [0.25, 0.3) is 0 Å². The zero-order valence-electron chi connectivity index (χ0n) is 9.91. The highest BCUT2D eigenvalue weighted by molar-refractivity contribution is 8.01. The second-order valence-electron chi connectivity index (χ2n) is 4.41. The number of hydrogen-bond donors (Lipinski definition) is 1. The Balaban J connectivity index is 2.33. The van der Waals surface area contributed by atoms with E-state index in [1.165, 1.54) is 10.5 Å². The zero-order valence-corrected chi connectivity index (χ0v) is 10.7. The summed E-state index contributed by atoms with van der Waals surface area (Å²) in [4.78, 5) is 12.9. The van der Waals surface area contributed by atoms with Gasteiger partial charge in [-0.05, 0) is 30.0 Å². The number of benzene rings is 1. The normalized spacial score (nSPS) is 19.5. The Labute approximate surface area is 101 Å². The average Bonchev–Trinajstić information content (AvgIpc) is 2.27. The molecule has 0 saturated carbocycles. The lowest BCUT2D eigenvalue weighted by Gasteiger charge is -2.24. The minimum atomic E-state index is 0.0647. The number of hydrogen-bond acceptors (Lipinski definition) is 2. The number of amides is 1. The molecule has 0 spiro atoms. The number of rotatable bonds is 2. The predicted molar refractivity (Wildman–Crippen MR) is 69.1 cm³/mol. The Morgan fingerprint density at radius 3 is 2.81 bits per heavy atom. The molecule has 1 unspecified atom stereocenters. The predicted octanol–water partition coefficient (Wildman–Crippen LogP) is 3.63. The Morgan fingerprint density at radius 2 is 2.19 bits per heavy atom. The molecule has 1 heterocycles. The maximum Gasteiger partial charge on any atom is 0.237 e. The fourth-order valence-corrected chi connectivity index (χ4v) is 2.88. The Hall–Kier alpha value is -0.960. The minimum absolute atomic E-state index is 0.0647. The topological polar surface area (TPSA) is 29.1 Å². The fraction of sp³-hybridized carbons (Fsp3) is 0.462. The van der Waals surface area contributed by atoms with Crippen LogP contribution < -0.4 is 5.32 Å². The van der Waals surface area contributed by atoms with Crippen molar-refractivity contribution in [2.24, 2.45) is 0 Å². The fourth-order valence-electron chi connectivity index (χ4n) is 1.79. The second kappa shape index (κ2) is 4.50. The molecule has 1 aliphatic rings. The molecule has 0 bridgehead atoms. The van der Waals surface area contributed by atoms with Crippen LogP contribution in [0.3, 0.4) is 0 Å². The van der Waals surface area contributed by atoms with Crippen molar-refractivity contribution in [3.8, 4) is 0 Å². The molecule has 0 saturated heterocycles. The number of thioether (sulfide) groups is 1. The number of anilines is 1. The van der Waals surface area contributed by atoms with Gasteiger partial charge >= 0.3 is 0 Å². The van der Waals surface area contributed by atoms with Crippen molar-refractivity contribution in [1.82, 2.24) is 0 Å². The summed E-state index contributed by atoms with van der Waals surface area (Å²) in [5.74, 6) is 0.668. The van der Waals surface area contributed by atoms with Gasteiger partial charge in [0.05, 0.1) is 10.9 Å². The first-order valence-corrected chi connectivity index (χ1v) is 6.61. The van der Waals surface area contributed by atoms with Crippen LogP contribution in [0.4, 0.5) is 5.69 Å². The van der Waals surface area contributed by atoms with Gasteiger partial charge in [-0.2, -0.15) is 0 Å². The standard InChI is InChI=1S/C13H17NOS/c1-4-11-13(15)14-10-6-5-9(8(2)3)7-12(10)16-11/h5-8,11H,4H2,1-3H3,(H,14,15). The van der Waals surface area contributed by atoms with Gasteiger partial charge < -0.3 is 5.32 Å². The lowest BCUT2D eigenvalue weighted by molar-refractivity contribution is -0.115. The molecule has 0 aliphatic carbocycles. The van der Waals surface area contributed by atoms with E-state index in [0.29, 0.717) is 5.92 Å². The maximum absolute atomic E-state index is 11.7. The van der Waals surface area contributed by atoms with Gasteiger partial charge in [-0.15, -0.1) is 11.8 Å². The second-order valence-corrected chi connectivity index (χ2v) is 5.66. The van der Waals surface area contributed by atoms with Crippen molar-refractivity contribution in [2.45, 2.75) is 43.3 Å². The van der Waals surface area contributed by atoms with E-state index in [1.54, 1.807) is 11.8 Å². The molecule has 1 atom stereocenters. The monoisotopic (exact) mass is 235 g/mol. The number of nitrogens with one attached hydrogen (secondary N) is 1. The van der Waals surface area contributed by atoms with E-state index in [1.807, 2.05) is 6.07 Å². The summed E-state index contributed by atoms with van der Waals surface area (Å²) in [7, 11) is 0. The molecule has 0 aromatic heterocycles. The third-order valence-corrected chi connectivity index (χ3v) is 4.29. The van der Waals surface area contributed by atoms with Gasteiger partial charge in [0.15, 0.2) is 0 Å². The first kappa shape index (κ1) is 11.5. The van der Waals surface area contributed by atoms with Gasteiger partial charge in [0.1, 0.15) is 0 Å². The molecule has 0 radical (unpaired) electrons. The van der Waals surface area contributed by atoms with Gasteiger partial charge in [-0.3, -0.25) is 4.79 Å². The Kier molecular flexibility index (Phi) is 3.24. The molecule has 0 fully saturated rings. The van der Waals surface area contributed by atoms with Crippen LogP contribution in [-0.4, -0.2) is 11.2 Å². The molecular weight excluding hydrogens is 218 g/mol. The molecule has 2 nitrogen and oxygen atoms in total. The number of carbonyl (C=O) groups is 1. The molecule has 1 aromatic rings. The van der Waals surface area contributed by atoms with Gasteiger partial charge in [-0.25, -0.2) is 0 Å². The Morgan fingerprint density at radius 1 is 1.44 bits per heavy atom. The van der Waals surface area contributed by atoms with Crippen molar-refractivity contribution in [3.63, 3.8) is 0 Å².